The van der Waals surface area contributed by atoms with E-state index in [2.05, 4.69) is 41.6 Å². The number of hydrogen-bond acceptors (Lipinski definition) is 1. The van der Waals surface area contributed by atoms with E-state index in [1.54, 1.807) is 0 Å². The third-order valence-electron chi connectivity index (χ3n) is 2.11. The first-order valence-corrected chi connectivity index (χ1v) is 5.68. The molecule has 1 unspecified atom stereocenters. The van der Waals surface area contributed by atoms with Gasteiger partial charge in [0.15, 0.2) is 0 Å². The van der Waals surface area contributed by atoms with Crippen LogP contribution in [0, 0.1) is 0 Å². The molecule has 0 aromatic rings. The van der Waals surface area contributed by atoms with Crippen LogP contribution in [0.1, 0.15) is 33.6 Å². The van der Waals surface area contributed by atoms with E-state index in [4.69, 9.17) is 0 Å². The summed E-state index contributed by atoms with van der Waals surface area (Å²) < 4.78 is 0. The molecule has 1 atom stereocenters. The van der Waals surface area contributed by atoms with Crippen molar-refractivity contribution in [2.75, 3.05) is 18.4 Å². The molecule has 11 heavy (non-hydrogen) atoms. The lowest BCUT2D eigenvalue weighted by Crippen LogP contribution is -2.34. The molecule has 0 bridgehead atoms. The number of hydrogen-bond donors (Lipinski definition) is 0. The van der Waals surface area contributed by atoms with Gasteiger partial charge < -0.3 is 4.90 Å². The predicted octanol–water partition coefficient (Wildman–Crippen LogP) is 2.89. The summed E-state index contributed by atoms with van der Waals surface area (Å²) in [6.07, 6.45) is 2.61. The molecule has 0 saturated heterocycles. The lowest BCUT2D eigenvalue weighted by molar-refractivity contribution is 0.222. The van der Waals surface area contributed by atoms with Gasteiger partial charge >= 0.3 is 0 Å². The molecule has 0 saturated carbocycles. The van der Waals surface area contributed by atoms with Gasteiger partial charge in [-0.1, -0.05) is 36.2 Å². The molecule has 0 rings (SSSR count). The van der Waals surface area contributed by atoms with E-state index < -0.39 is 0 Å². The Balaban J connectivity index is 3.61. The Morgan fingerprint density at radius 3 is 2.36 bits per heavy atom. The molecule has 0 fully saturated rings. The number of alkyl halides is 1. The maximum Gasteiger partial charge on any atom is 0.0159 e. The summed E-state index contributed by atoms with van der Waals surface area (Å²) >= 11 is 3.47. The minimum atomic E-state index is 0.752. The van der Waals surface area contributed by atoms with Crippen molar-refractivity contribution in [2.45, 2.75) is 39.7 Å². The summed E-state index contributed by atoms with van der Waals surface area (Å²) in [5.41, 5.74) is 0. The van der Waals surface area contributed by atoms with Gasteiger partial charge in [-0.25, -0.2) is 0 Å². The van der Waals surface area contributed by atoms with Crippen molar-refractivity contribution in [2.24, 2.45) is 0 Å². The maximum absolute atomic E-state index is 3.47. The van der Waals surface area contributed by atoms with Crippen LogP contribution in [-0.2, 0) is 0 Å². The first-order chi connectivity index (χ1) is 5.26. The van der Waals surface area contributed by atoms with Crippen LogP contribution in [0.3, 0.4) is 0 Å². The molecule has 0 aromatic heterocycles. The number of rotatable bonds is 6. The molecule has 0 heterocycles. The van der Waals surface area contributed by atoms with Crippen LogP contribution in [-0.4, -0.2) is 29.4 Å². The zero-order chi connectivity index (χ0) is 8.69. The molecule has 0 amide bonds. The lowest BCUT2D eigenvalue weighted by Gasteiger charge is -2.26. The van der Waals surface area contributed by atoms with Crippen LogP contribution in [0.5, 0.6) is 0 Å². The molecule has 0 spiro atoms. The van der Waals surface area contributed by atoms with Gasteiger partial charge in [0.2, 0.25) is 0 Å². The summed E-state index contributed by atoms with van der Waals surface area (Å²) in [4.78, 5) is 2.51. The third kappa shape index (κ3) is 4.81. The monoisotopic (exact) mass is 221 g/mol. The van der Waals surface area contributed by atoms with Crippen molar-refractivity contribution in [3.05, 3.63) is 0 Å². The Kier molecular flexibility index (Phi) is 7.39. The summed E-state index contributed by atoms with van der Waals surface area (Å²) in [6.45, 7) is 9.15. The van der Waals surface area contributed by atoms with Crippen molar-refractivity contribution in [3.8, 4) is 0 Å². The molecule has 0 aliphatic rings. The molecular formula is C9H20BrN. The van der Waals surface area contributed by atoms with E-state index in [-0.39, 0.29) is 0 Å². The van der Waals surface area contributed by atoms with Crippen LogP contribution in [0.25, 0.3) is 0 Å². The lowest BCUT2D eigenvalue weighted by atomic mass is 10.1. The summed E-state index contributed by atoms with van der Waals surface area (Å²) in [5, 5.41) is 1.09. The smallest absolute Gasteiger partial charge is 0.0159 e. The molecule has 0 N–H and O–H groups in total. The van der Waals surface area contributed by atoms with Crippen molar-refractivity contribution in [3.63, 3.8) is 0 Å². The third-order valence-corrected chi connectivity index (χ3v) is 2.46. The zero-order valence-electron chi connectivity index (χ0n) is 7.94. The average molecular weight is 222 g/mol. The largest absolute Gasteiger partial charge is 0.300 e. The first-order valence-electron chi connectivity index (χ1n) is 4.56. The van der Waals surface area contributed by atoms with E-state index in [0.717, 1.165) is 11.4 Å². The quantitative estimate of drug-likeness (QED) is 0.624. The Labute approximate surface area is 79.3 Å². The predicted molar refractivity (Wildman–Crippen MR) is 55.4 cm³/mol. The van der Waals surface area contributed by atoms with Gasteiger partial charge in [0.05, 0.1) is 0 Å². The van der Waals surface area contributed by atoms with E-state index in [1.807, 2.05) is 0 Å². The fraction of sp³-hybridized carbons (Fsp3) is 1.00. The van der Waals surface area contributed by atoms with Gasteiger partial charge in [-0.3, -0.25) is 0 Å². The van der Waals surface area contributed by atoms with Gasteiger partial charge in [0.25, 0.3) is 0 Å². The molecule has 0 aliphatic carbocycles. The topological polar surface area (TPSA) is 3.24 Å². The van der Waals surface area contributed by atoms with Crippen molar-refractivity contribution < 1.29 is 0 Å². The van der Waals surface area contributed by atoms with E-state index in [1.165, 1.54) is 25.9 Å². The highest BCUT2D eigenvalue weighted by atomic mass is 79.9. The number of halogens is 1. The van der Waals surface area contributed by atoms with Crippen LogP contribution in [0.4, 0.5) is 0 Å². The molecule has 0 aliphatic heterocycles. The second-order valence-corrected chi connectivity index (χ2v) is 3.75. The maximum atomic E-state index is 3.47. The van der Waals surface area contributed by atoms with Crippen molar-refractivity contribution >= 4 is 15.9 Å². The molecule has 2 heteroatoms. The molecule has 0 radical (unpaired) electrons. The van der Waals surface area contributed by atoms with Crippen molar-refractivity contribution in [1.82, 2.24) is 4.90 Å². The fourth-order valence-electron chi connectivity index (χ4n) is 1.40. The highest BCUT2D eigenvalue weighted by molar-refractivity contribution is 9.09. The molecule has 0 aromatic carbocycles. The summed E-state index contributed by atoms with van der Waals surface area (Å²) in [5.74, 6) is 0. The van der Waals surface area contributed by atoms with Gasteiger partial charge in [0.1, 0.15) is 0 Å². The Morgan fingerprint density at radius 1 is 1.36 bits per heavy atom. The van der Waals surface area contributed by atoms with E-state index in [9.17, 15) is 0 Å². The van der Waals surface area contributed by atoms with Gasteiger partial charge in [-0.15, -0.1) is 0 Å². The molecule has 1 nitrogen and oxygen atoms in total. The summed E-state index contributed by atoms with van der Waals surface area (Å²) in [6, 6.07) is 0.752. The standard InChI is InChI=1S/C9H20BrN/c1-4-6-9(3)11(5-2)8-7-10/h9H,4-8H2,1-3H3. The van der Waals surface area contributed by atoms with Gasteiger partial charge in [-0.2, -0.15) is 0 Å². The van der Waals surface area contributed by atoms with Crippen molar-refractivity contribution in [1.29, 1.82) is 0 Å². The zero-order valence-corrected chi connectivity index (χ0v) is 9.52. The molecular weight excluding hydrogens is 202 g/mol. The summed E-state index contributed by atoms with van der Waals surface area (Å²) in [7, 11) is 0. The van der Waals surface area contributed by atoms with Crippen LogP contribution >= 0.6 is 15.9 Å². The van der Waals surface area contributed by atoms with E-state index >= 15 is 0 Å². The Morgan fingerprint density at radius 2 is 2.00 bits per heavy atom. The molecule has 68 valence electrons. The Bertz CT molecular complexity index is 85.6. The Hall–Kier alpha value is 0.440. The highest BCUT2D eigenvalue weighted by Crippen LogP contribution is 2.05. The minimum Gasteiger partial charge on any atom is -0.300 e. The SMILES string of the molecule is CCCC(C)N(CC)CCBr. The van der Waals surface area contributed by atoms with E-state index in [0.29, 0.717) is 0 Å². The van der Waals surface area contributed by atoms with Crippen LogP contribution < -0.4 is 0 Å². The van der Waals surface area contributed by atoms with Gasteiger partial charge in [0, 0.05) is 17.9 Å². The first kappa shape index (κ1) is 11.4. The van der Waals surface area contributed by atoms with Crippen LogP contribution in [0.15, 0.2) is 0 Å². The normalized spacial score (nSPS) is 13.9. The van der Waals surface area contributed by atoms with Crippen LogP contribution in [0.2, 0.25) is 0 Å². The minimum absolute atomic E-state index is 0.752. The highest BCUT2D eigenvalue weighted by Gasteiger charge is 2.08. The second kappa shape index (κ2) is 7.11. The van der Waals surface area contributed by atoms with Gasteiger partial charge in [-0.05, 0) is 19.9 Å². The fourth-order valence-corrected chi connectivity index (χ4v) is 1.85. The second-order valence-electron chi connectivity index (χ2n) is 2.96. The number of nitrogens with zero attached hydrogens (tertiary/aromatic N) is 1. The average Bonchev–Trinajstić information content (AvgIpc) is 2.00.